The Kier molecular flexibility index (Phi) is 4.04. The second kappa shape index (κ2) is 5.50. The summed E-state index contributed by atoms with van der Waals surface area (Å²) in [4.78, 5) is 18.9. The quantitative estimate of drug-likeness (QED) is 0.368. The van der Waals surface area contributed by atoms with E-state index in [4.69, 9.17) is 17.2 Å². The standard InChI is InChI=1S/C10H13N5O2/c1-17-8(16)6-4-2-3-5-7(6)14-10(13)15-9(11)12/h2-5H,1H3,(H6,11,12,13,14,15). The summed E-state index contributed by atoms with van der Waals surface area (Å²) < 4.78 is 4.61. The number of para-hydroxylation sites is 1. The summed E-state index contributed by atoms with van der Waals surface area (Å²) >= 11 is 0. The van der Waals surface area contributed by atoms with Crippen molar-refractivity contribution in [2.75, 3.05) is 7.11 Å². The van der Waals surface area contributed by atoms with E-state index in [9.17, 15) is 4.79 Å². The number of rotatable bonds is 2. The predicted octanol–water partition coefficient (Wildman–Crippen LogP) is -0.307. The molecule has 0 aliphatic heterocycles. The first-order chi connectivity index (χ1) is 8.04. The fourth-order valence-corrected chi connectivity index (χ4v) is 1.13. The number of esters is 1. The van der Waals surface area contributed by atoms with Crippen LogP contribution in [-0.2, 0) is 4.74 Å². The van der Waals surface area contributed by atoms with Crippen molar-refractivity contribution in [3.8, 4) is 0 Å². The molecular formula is C10H13N5O2. The minimum Gasteiger partial charge on any atom is -0.465 e. The fraction of sp³-hybridized carbons (Fsp3) is 0.100. The third-order valence-corrected chi connectivity index (χ3v) is 1.79. The maximum atomic E-state index is 11.4. The van der Waals surface area contributed by atoms with E-state index in [1.165, 1.54) is 7.11 Å². The molecule has 0 aliphatic rings. The van der Waals surface area contributed by atoms with Gasteiger partial charge in [0.15, 0.2) is 5.96 Å². The molecule has 0 aromatic heterocycles. The number of nitrogens with two attached hydrogens (primary N) is 3. The lowest BCUT2D eigenvalue weighted by Crippen LogP contribution is -2.26. The number of hydrogen-bond acceptors (Lipinski definition) is 3. The summed E-state index contributed by atoms with van der Waals surface area (Å²) in [5, 5.41) is 0. The lowest BCUT2D eigenvalue weighted by atomic mass is 10.2. The van der Waals surface area contributed by atoms with E-state index in [2.05, 4.69) is 14.7 Å². The van der Waals surface area contributed by atoms with E-state index in [1.54, 1.807) is 24.3 Å². The zero-order valence-corrected chi connectivity index (χ0v) is 9.25. The Morgan fingerprint density at radius 1 is 1.24 bits per heavy atom. The van der Waals surface area contributed by atoms with E-state index >= 15 is 0 Å². The van der Waals surface area contributed by atoms with Crippen molar-refractivity contribution in [1.82, 2.24) is 0 Å². The van der Waals surface area contributed by atoms with Gasteiger partial charge in [0.25, 0.3) is 0 Å². The average Bonchev–Trinajstić information content (AvgIpc) is 2.27. The molecule has 0 saturated carbocycles. The van der Waals surface area contributed by atoms with E-state index in [0.29, 0.717) is 5.69 Å². The summed E-state index contributed by atoms with van der Waals surface area (Å²) in [6, 6.07) is 6.55. The lowest BCUT2D eigenvalue weighted by Gasteiger charge is -2.03. The molecule has 0 spiro atoms. The van der Waals surface area contributed by atoms with Crippen LogP contribution in [0.1, 0.15) is 10.4 Å². The van der Waals surface area contributed by atoms with E-state index in [1.807, 2.05) is 0 Å². The molecule has 7 nitrogen and oxygen atoms in total. The Balaban J connectivity index is 3.15. The zero-order valence-electron chi connectivity index (χ0n) is 9.25. The molecule has 0 radical (unpaired) electrons. The van der Waals surface area contributed by atoms with Gasteiger partial charge < -0.3 is 21.9 Å². The van der Waals surface area contributed by atoms with Crippen molar-refractivity contribution in [3.05, 3.63) is 29.8 Å². The van der Waals surface area contributed by atoms with Gasteiger partial charge in [0.1, 0.15) is 0 Å². The Labute approximate surface area is 98.0 Å². The van der Waals surface area contributed by atoms with Crippen molar-refractivity contribution in [1.29, 1.82) is 0 Å². The van der Waals surface area contributed by atoms with Gasteiger partial charge in [-0.3, -0.25) is 0 Å². The summed E-state index contributed by atoms with van der Waals surface area (Å²) in [6.45, 7) is 0. The molecule has 0 saturated heterocycles. The highest BCUT2D eigenvalue weighted by Crippen LogP contribution is 2.19. The molecular weight excluding hydrogens is 222 g/mol. The number of aliphatic imine (C=N–C) groups is 2. The van der Waals surface area contributed by atoms with Crippen LogP contribution in [0.15, 0.2) is 34.3 Å². The number of benzene rings is 1. The average molecular weight is 235 g/mol. The fourth-order valence-electron chi connectivity index (χ4n) is 1.13. The van der Waals surface area contributed by atoms with Crippen molar-refractivity contribution in [2.45, 2.75) is 0 Å². The topological polar surface area (TPSA) is 129 Å². The molecule has 1 aromatic carbocycles. The molecule has 0 fully saturated rings. The Morgan fingerprint density at radius 3 is 2.47 bits per heavy atom. The number of ether oxygens (including phenoxy) is 1. The number of hydrogen-bond donors (Lipinski definition) is 3. The van der Waals surface area contributed by atoms with Gasteiger partial charge in [-0.1, -0.05) is 12.1 Å². The minimum absolute atomic E-state index is 0.138. The van der Waals surface area contributed by atoms with Crippen LogP contribution >= 0.6 is 0 Å². The number of nitrogens with zero attached hydrogens (tertiary/aromatic N) is 2. The van der Waals surface area contributed by atoms with Gasteiger partial charge in [0, 0.05) is 0 Å². The summed E-state index contributed by atoms with van der Waals surface area (Å²) in [5.41, 5.74) is 16.4. The molecule has 90 valence electrons. The normalized spacial score (nSPS) is 10.8. The molecule has 17 heavy (non-hydrogen) atoms. The summed E-state index contributed by atoms with van der Waals surface area (Å²) in [7, 11) is 1.28. The third-order valence-electron chi connectivity index (χ3n) is 1.79. The molecule has 7 heteroatoms. The molecule has 0 amide bonds. The van der Waals surface area contributed by atoms with Crippen LogP contribution in [0.25, 0.3) is 0 Å². The van der Waals surface area contributed by atoms with Crippen molar-refractivity contribution in [2.24, 2.45) is 27.2 Å². The second-order valence-electron chi connectivity index (χ2n) is 3.02. The molecule has 6 N–H and O–H groups in total. The van der Waals surface area contributed by atoms with Gasteiger partial charge in [-0.25, -0.2) is 9.79 Å². The first-order valence-electron chi connectivity index (χ1n) is 4.65. The number of methoxy groups -OCH3 is 1. The SMILES string of the molecule is COC(=O)c1ccccc1N=C(N)N=C(N)N. The van der Waals surface area contributed by atoms with Gasteiger partial charge >= 0.3 is 5.97 Å². The maximum Gasteiger partial charge on any atom is 0.340 e. The summed E-state index contributed by atoms with van der Waals surface area (Å²) in [6.07, 6.45) is 0. The molecule has 0 unspecified atom stereocenters. The molecule has 1 aromatic rings. The molecule has 1 rings (SSSR count). The summed E-state index contributed by atoms with van der Waals surface area (Å²) in [5.74, 6) is -0.856. The zero-order chi connectivity index (χ0) is 12.8. The monoisotopic (exact) mass is 235 g/mol. The number of carbonyl (C=O) groups excluding carboxylic acids is 1. The van der Waals surface area contributed by atoms with Crippen LogP contribution in [-0.4, -0.2) is 25.0 Å². The first kappa shape index (κ1) is 12.5. The van der Waals surface area contributed by atoms with Gasteiger partial charge in [0.05, 0.1) is 18.4 Å². The lowest BCUT2D eigenvalue weighted by molar-refractivity contribution is 0.0602. The van der Waals surface area contributed by atoms with Crippen molar-refractivity contribution >= 4 is 23.6 Å². The van der Waals surface area contributed by atoms with E-state index < -0.39 is 5.97 Å². The molecule has 0 atom stereocenters. The molecule has 0 bridgehead atoms. The van der Waals surface area contributed by atoms with Crippen LogP contribution in [0.2, 0.25) is 0 Å². The third kappa shape index (κ3) is 3.49. The van der Waals surface area contributed by atoms with Crippen LogP contribution < -0.4 is 17.2 Å². The maximum absolute atomic E-state index is 11.4. The van der Waals surface area contributed by atoms with Gasteiger partial charge in [-0.15, -0.1) is 0 Å². The van der Waals surface area contributed by atoms with Gasteiger partial charge in [-0.05, 0) is 12.1 Å². The van der Waals surface area contributed by atoms with Gasteiger partial charge in [-0.2, -0.15) is 4.99 Å². The van der Waals surface area contributed by atoms with Crippen LogP contribution in [0.3, 0.4) is 0 Å². The first-order valence-corrected chi connectivity index (χ1v) is 4.65. The molecule has 0 heterocycles. The number of carbonyl (C=O) groups is 1. The highest BCUT2D eigenvalue weighted by Gasteiger charge is 2.10. The highest BCUT2D eigenvalue weighted by molar-refractivity contribution is 5.98. The second-order valence-corrected chi connectivity index (χ2v) is 3.02. The van der Waals surface area contributed by atoms with Crippen molar-refractivity contribution < 1.29 is 9.53 Å². The Bertz CT molecular complexity index is 477. The van der Waals surface area contributed by atoms with E-state index in [-0.39, 0.29) is 17.5 Å². The number of guanidine groups is 2. The minimum atomic E-state index is -0.512. The predicted molar refractivity (Wildman–Crippen MR) is 64.9 cm³/mol. The smallest absolute Gasteiger partial charge is 0.340 e. The van der Waals surface area contributed by atoms with Gasteiger partial charge in [0.2, 0.25) is 5.96 Å². The van der Waals surface area contributed by atoms with Crippen LogP contribution in [0.4, 0.5) is 5.69 Å². The highest BCUT2D eigenvalue weighted by atomic mass is 16.5. The molecule has 0 aliphatic carbocycles. The van der Waals surface area contributed by atoms with E-state index in [0.717, 1.165) is 0 Å². The van der Waals surface area contributed by atoms with Crippen LogP contribution in [0.5, 0.6) is 0 Å². The van der Waals surface area contributed by atoms with Crippen molar-refractivity contribution in [3.63, 3.8) is 0 Å². The largest absolute Gasteiger partial charge is 0.465 e. The Hall–Kier alpha value is -2.57. The Morgan fingerprint density at radius 2 is 1.88 bits per heavy atom. The van der Waals surface area contributed by atoms with Crippen LogP contribution in [0, 0.1) is 0 Å².